The van der Waals surface area contributed by atoms with Crippen molar-refractivity contribution in [3.63, 3.8) is 0 Å². The second kappa shape index (κ2) is 19.1. The molecule has 2 heterocycles. The lowest BCUT2D eigenvalue weighted by Gasteiger charge is -2.14. The summed E-state index contributed by atoms with van der Waals surface area (Å²) in [5.41, 5.74) is 15.2. The van der Waals surface area contributed by atoms with E-state index in [1.165, 1.54) is 74.0 Å². The second-order valence-corrected chi connectivity index (χ2v) is 14.0. The van der Waals surface area contributed by atoms with Gasteiger partial charge in [0.25, 0.3) is 0 Å². The van der Waals surface area contributed by atoms with Crippen LogP contribution in [-0.4, -0.2) is 4.57 Å². The Hall–Kier alpha value is -6.12. The molecule has 1 aromatic heterocycles. The molecule has 5 aromatic carbocycles. The van der Waals surface area contributed by atoms with Gasteiger partial charge in [-0.05, 0) is 106 Å². The highest BCUT2D eigenvalue weighted by Gasteiger charge is 2.19. The van der Waals surface area contributed by atoms with Gasteiger partial charge in [0.2, 0.25) is 0 Å². The summed E-state index contributed by atoms with van der Waals surface area (Å²) in [6.45, 7) is 8.49. The number of anilines is 1. The van der Waals surface area contributed by atoms with E-state index in [2.05, 4.69) is 189 Å². The van der Waals surface area contributed by atoms with Gasteiger partial charge in [0.1, 0.15) is 0 Å². The van der Waals surface area contributed by atoms with Crippen molar-refractivity contribution in [2.24, 2.45) is 0 Å². The van der Waals surface area contributed by atoms with Crippen molar-refractivity contribution >= 4 is 34.4 Å². The zero-order chi connectivity index (χ0) is 37.5. The Morgan fingerprint density at radius 3 is 1.80 bits per heavy atom. The molecule has 0 fully saturated rings. The van der Waals surface area contributed by atoms with Crippen molar-refractivity contribution < 1.29 is 0 Å². The number of fused-ring (bicyclic) bond motifs is 6. The molecule has 270 valence electrons. The van der Waals surface area contributed by atoms with Crippen LogP contribution in [0.25, 0.3) is 39.9 Å². The number of aromatic nitrogens is 1. The molecular formula is C52H52N2. The Balaban J connectivity index is 0.000000190. The van der Waals surface area contributed by atoms with E-state index < -0.39 is 0 Å². The van der Waals surface area contributed by atoms with Gasteiger partial charge in [0, 0.05) is 34.2 Å². The maximum Gasteiger partial charge on any atom is 0.0537 e. The number of benzene rings is 5. The number of nitrogens with zero attached hydrogens (tertiary/aromatic N) is 1. The molecule has 0 unspecified atom stereocenters. The predicted molar refractivity (Wildman–Crippen MR) is 236 cm³/mol. The van der Waals surface area contributed by atoms with E-state index in [1.54, 1.807) is 0 Å². The van der Waals surface area contributed by atoms with Crippen LogP contribution in [0.3, 0.4) is 0 Å². The number of nitrogens with one attached hydrogen (secondary N) is 1. The summed E-state index contributed by atoms with van der Waals surface area (Å²) >= 11 is 0. The number of hydrogen-bond donors (Lipinski definition) is 1. The predicted octanol–water partition coefficient (Wildman–Crippen LogP) is 14.4. The first kappa shape index (κ1) is 37.6. The SMILES string of the molecule is CC1=C/c2ccccc2-c2ccccc2N/C=C/C(n2c3c(c4ccccc42)CCC=C3)=C\1.CC1=CCCC=C1.Cc1ccccc1.Cc1ccccc1. The average Bonchev–Trinajstić information content (AvgIpc) is 3.53. The highest BCUT2D eigenvalue weighted by molar-refractivity contribution is 5.93. The van der Waals surface area contributed by atoms with Gasteiger partial charge in [-0.1, -0.05) is 168 Å². The van der Waals surface area contributed by atoms with Crippen molar-refractivity contribution in [3.8, 4) is 11.1 Å². The Kier molecular flexibility index (Phi) is 13.3. The van der Waals surface area contributed by atoms with Gasteiger partial charge in [0.15, 0.2) is 0 Å². The lowest BCUT2D eigenvalue weighted by molar-refractivity contribution is 0.974. The highest BCUT2D eigenvalue weighted by atomic mass is 15.0. The zero-order valence-electron chi connectivity index (χ0n) is 32.2. The van der Waals surface area contributed by atoms with Crippen LogP contribution in [0.2, 0.25) is 0 Å². The zero-order valence-corrected chi connectivity index (χ0v) is 32.2. The molecule has 0 radical (unpaired) electrons. The lowest BCUT2D eigenvalue weighted by atomic mass is 9.97. The van der Waals surface area contributed by atoms with Crippen LogP contribution < -0.4 is 5.32 Å². The number of para-hydroxylation sites is 2. The van der Waals surface area contributed by atoms with Crippen molar-refractivity contribution in [1.29, 1.82) is 0 Å². The molecule has 54 heavy (non-hydrogen) atoms. The molecule has 0 saturated carbocycles. The molecule has 2 heteroatoms. The van der Waals surface area contributed by atoms with Gasteiger partial charge < -0.3 is 9.88 Å². The summed E-state index contributed by atoms with van der Waals surface area (Å²) in [6.07, 6.45) is 24.7. The highest BCUT2D eigenvalue weighted by Crippen LogP contribution is 2.36. The monoisotopic (exact) mass is 704 g/mol. The van der Waals surface area contributed by atoms with Crippen LogP contribution in [-0.2, 0) is 6.42 Å². The minimum absolute atomic E-state index is 1.09. The first-order valence-electron chi connectivity index (χ1n) is 19.2. The van der Waals surface area contributed by atoms with E-state index in [9.17, 15) is 0 Å². The summed E-state index contributed by atoms with van der Waals surface area (Å²) in [4.78, 5) is 0. The molecule has 9 rings (SSSR count). The summed E-state index contributed by atoms with van der Waals surface area (Å²) in [5.74, 6) is 0. The molecule has 6 aromatic rings. The molecule has 0 bridgehead atoms. The standard InChI is InChI=1S/C31H26N2.C7H10.2C7H8/c1-22-20-23-10-2-3-11-25(23)26-12-4-7-15-29(26)32-19-18-24(21-22)33-30-16-8-5-13-27(30)28-14-6-9-17-31(28)33;3*1-7-5-3-2-4-6-7/h2-5,7-13,15-21,32H,6,14H2,1H3;3,5-6H,2,4H2,1H3;2*2-6H,1H3/b19-18+,22-20-,24-21+;;;. The lowest BCUT2D eigenvalue weighted by Crippen LogP contribution is -2.02. The maximum atomic E-state index is 3.56. The molecule has 0 atom stereocenters. The Labute approximate surface area is 322 Å². The second-order valence-electron chi connectivity index (χ2n) is 14.0. The van der Waals surface area contributed by atoms with E-state index >= 15 is 0 Å². The molecule has 0 amide bonds. The molecule has 2 aliphatic carbocycles. The minimum atomic E-state index is 1.09. The first-order valence-corrected chi connectivity index (χ1v) is 19.2. The van der Waals surface area contributed by atoms with Gasteiger partial charge in [-0.15, -0.1) is 0 Å². The number of rotatable bonds is 1. The van der Waals surface area contributed by atoms with Gasteiger partial charge in [-0.3, -0.25) is 0 Å². The fourth-order valence-electron chi connectivity index (χ4n) is 6.91. The fraction of sp³-hybridized carbons (Fsp3) is 0.154. The third kappa shape index (κ3) is 10.1. The fourth-order valence-corrected chi connectivity index (χ4v) is 6.91. The molecule has 3 aliphatic rings. The van der Waals surface area contributed by atoms with Gasteiger partial charge in [-0.25, -0.2) is 0 Å². The summed E-state index contributed by atoms with van der Waals surface area (Å²) in [5, 5.41) is 4.91. The summed E-state index contributed by atoms with van der Waals surface area (Å²) in [7, 11) is 0. The summed E-state index contributed by atoms with van der Waals surface area (Å²) in [6, 6.07) is 46.4. The molecule has 0 spiro atoms. The topological polar surface area (TPSA) is 17.0 Å². The van der Waals surface area contributed by atoms with Crippen molar-refractivity contribution in [1.82, 2.24) is 4.57 Å². The van der Waals surface area contributed by atoms with Gasteiger partial charge in [-0.2, -0.15) is 0 Å². The smallest absolute Gasteiger partial charge is 0.0537 e. The Morgan fingerprint density at radius 2 is 1.15 bits per heavy atom. The number of hydrogen-bond acceptors (Lipinski definition) is 1. The normalized spacial score (nSPS) is 16.4. The van der Waals surface area contributed by atoms with Gasteiger partial charge >= 0.3 is 0 Å². The Bertz CT molecular complexity index is 2290. The van der Waals surface area contributed by atoms with Crippen LogP contribution in [0.15, 0.2) is 187 Å². The number of allylic oxidation sites excluding steroid dienone is 9. The van der Waals surface area contributed by atoms with Crippen LogP contribution in [0.1, 0.15) is 61.1 Å². The van der Waals surface area contributed by atoms with Crippen LogP contribution in [0.5, 0.6) is 0 Å². The first-order chi connectivity index (χ1) is 26.5. The molecule has 1 aliphatic heterocycles. The molecule has 0 saturated heterocycles. The van der Waals surface area contributed by atoms with Crippen molar-refractivity contribution in [3.05, 3.63) is 215 Å². The number of aryl methyl sites for hydroxylation is 3. The third-order valence-electron chi connectivity index (χ3n) is 9.61. The van der Waals surface area contributed by atoms with E-state index in [0.717, 1.165) is 24.2 Å². The van der Waals surface area contributed by atoms with Gasteiger partial charge in [0.05, 0.1) is 5.52 Å². The Morgan fingerprint density at radius 1 is 0.519 bits per heavy atom. The van der Waals surface area contributed by atoms with Crippen LogP contribution >= 0.6 is 0 Å². The maximum absolute atomic E-state index is 3.56. The van der Waals surface area contributed by atoms with E-state index in [1.807, 2.05) is 36.4 Å². The molecule has 1 N–H and O–H groups in total. The third-order valence-corrected chi connectivity index (χ3v) is 9.61. The average molecular weight is 705 g/mol. The summed E-state index contributed by atoms with van der Waals surface area (Å²) < 4.78 is 2.41. The van der Waals surface area contributed by atoms with Crippen LogP contribution in [0, 0.1) is 13.8 Å². The van der Waals surface area contributed by atoms with E-state index in [0.29, 0.717) is 0 Å². The minimum Gasteiger partial charge on any atom is -0.361 e. The largest absolute Gasteiger partial charge is 0.361 e. The molecule has 2 nitrogen and oxygen atoms in total. The van der Waals surface area contributed by atoms with Crippen molar-refractivity contribution in [2.75, 3.05) is 5.32 Å². The molecular weight excluding hydrogens is 653 g/mol. The quantitative estimate of drug-likeness (QED) is 0.180. The van der Waals surface area contributed by atoms with Crippen molar-refractivity contribution in [2.45, 2.75) is 53.4 Å². The van der Waals surface area contributed by atoms with Crippen LogP contribution in [0.4, 0.5) is 5.69 Å². The van der Waals surface area contributed by atoms with E-state index in [4.69, 9.17) is 0 Å². The van der Waals surface area contributed by atoms with E-state index in [-0.39, 0.29) is 0 Å².